The van der Waals surface area contributed by atoms with E-state index < -0.39 is 0 Å². The first kappa shape index (κ1) is 12.0. The third kappa shape index (κ3) is 2.27. The van der Waals surface area contributed by atoms with Crippen molar-refractivity contribution in [2.45, 2.75) is 0 Å². The minimum Gasteiger partial charge on any atom is -0.463 e. The van der Waals surface area contributed by atoms with E-state index in [1.165, 1.54) is 6.26 Å². The predicted molar refractivity (Wildman–Crippen MR) is 78.3 cm³/mol. The summed E-state index contributed by atoms with van der Waals surface area (Å²) in [5, 5.41) is 3.67. The molecule has 0 aliphatic carbocycles. The first-order chi connectivity index (χ1) is 9.25. The molecule has 1 heterocycles. The molecule has 1 aromatic heterocycles. The number of carbonyl (C=O) groups is 1. The highest BCUT2D eigenvalue weighted by Crippen LogP contribution is 2.25. The van der Waals surface area contributed by atoms with Gasteiger partial charge in [0.15, 0.2) is 0 Å². The molecule has 0 aliphatic rings. The molecule has 0 aliphatic heterocycles. The van der Waals surface area contributed by atoms with Crippen molar-refractivity contribution in [3.8, 4) is 0 Å². The van der Waals surface area contributed by atoms with Gasteiger partial charge in [-0.15, -0.1) is 0 Å². The van der Waals surface area contributed by atoms with Crippen molar-refractivity contribution in [3.05, 3.63) is 64.8 Å². The summed E-state index contributed by atoms with van der Waals surface area (Å²) >= 11 is 3.40. The number of para-hydroxylation sites is 2. The number of hydrogen-bond acceptors (Lipinski definition) is 2. The molecular weight excluding hydrogens is 306 g/mol. The predicted octanol–water partition coefficient (Wildman–Crippen LogP) is 4.45. The fourth-order valence-corrected chi connectivity index (χ4v) is 2.29. The van der Waals surface area contributed by atoms with E-state index in [1.54, 1.807) is 0 Å². The third-order valence-electron chi connectivity index (χ3n) is 2.85. The molecule has 19 heavy (non-hydrogen) atoms. The van der Waals surface area contributed by atoms with Crippen LogP contribution in [-0.4, -0.2) is 5.91 Å². The molecule has 0 radical (unpaired) electrons. The molecule has 0 fully saturated rings. The van der Waals surface area contributed by atoms with E-state index in [0.717, 1.165) is 15.5 Å². The second-order valence-corrected chi connectivity index (χ2v) is 4.93. The van der Waals surface area contributed by atoms with Gasteiger partial charge in [-0.25, -0.2) is 0 Å². The van der Waals surface area contributed by atoms with E-state index in [9.17, 15) is 4.79 Å². The van der Waals surface area contributed by atoms with Crippen molar-refractivity contribution in [2.24, 2.45) is 0 Å². The van der Waals surface area contributed by atoms with E-state index in [-0.39, 0.29) is 5.91 Å². The van der Waals surface area contributed by atoms with E-state index in [1.807, 2.05) is 48.5 Å². The van der Waals surface area contributed by atoms with E-state index >= 15 is 0 Å². The Morgan fingerprint density at radius 1 is 1.05 bits per heavy atom. The molecule has 0 unspecified atom stereocenters. The van der Waals surface area contributed by atoms with Crippen molar-refractivity contribution in [2.75, 3.05) is 5.32 Å². The average Bonchev–Trinajstić information content (AvgIpc) is 2.85. The number of hydrogen-bond donors (Lipinski definition) is 1. The Morgan fingerprint density at radius 3 is 2.63 bits per heavy atom. The summed E-state index contributed by atoms with van der Waals surface area (Å²) in [5.41, 5.74) is 1.98. The number of anilines is 1. The van der Waals surface area contributed by atoms with E-state index in [2.05, 4.69) is 21.2 Å². The number of carbonyl (C=O) groups excluding carboxylic acids is 1. The minimum atomic E-state index is -0.183. The second kappa shape index (κ2) is 4.90. The topological polar surface area (TPSA) is 42.2 Å². The second-order valence-electron chi connectivity index (χ2n) is 4.08. The lowest BCUT2D eigenvalue weighted by Crippen LogP contribution is -2.11. The van der Waals surface area contributed by atoms with Crippen LogP contribution in [0.15, 0.2) is 63.7 Å². The maximum absolute atomic E-state index is 12.2. The number of fused-ring (bicyclic) bond motifs is 1. The summed E-state index contributed by atoms with van der Waals surface area (Å²) in [6.07, 6.45) is 1.48. The minimum absolute atomic E-state index is 0.183. The van der Waals surface area contributed by atoms with Crippen LogP contribution in [0.25, 0.3) is 11.0 Å². The largest absolute Gasteiger partial charge is 0.463 e. The Bertz CT molecular complexity index is 748. The van der Waals surface area contributed by atoms with Gasteiger partial charge in [0.25, 0.3) is 5.91 Å². The Morgan fingerprint density at radius 2 is 1.79 bits per heavy atom. The maximum atomic E-state index is 12.2. The van der Waals surface area contributed by atoms with Crippen molar-refractivity contribution >= 4 is 38.5 Å². The zero-order chi connectivity index (χ0) is 13.2. The standard InChI is InChI=1S/C15H10BrNO2/c16-12-6-2-3-7-13(12)17-15(18)11-9-19-14-8-4-1-5-10(11)14/h1-9H,(H,17,18). The fourth-order valence-electron chi connectivity index (χ4n) is 1.91. The average molecular weight is 316 g/mol. The molecule has 0 saturated heterocycles. The van der Waals surface area contributed by atoms with Crippen LogP contribution in [0.5, 0.6) is 0 Å². The summed E-state index contributed by atoms with van der Waals surface area (Å²) in [4.78, 5) is 12.2. The molecule has 1 amide bonds. The summed E-state index contributed by atoms with van der Waals surface area (Å²) in [7, 11) is 0. The first-order valence-corrected chi connectivity index (χ1v) is 6.57. The molecule has 0 bridgehead atoms. The molecule has 4 heteroatoms. The highest BCUT2D eigenvalue weighted by Gasteiger charge is 2.14. The van der Waals surface area contributed by atoms with Gasteiger partial charge in [-0.1, -0.05) is 30.3 Å². The van der Waals surface area contributed by atoms with Gasteiger partial charge in [0.05, 0.1) is 11.3 Å². The van der Waals surface area contributed by atoms with Gasteiger partial charge in [0.1, 0.15) is 11.8 Å². The van der Waals surface area contributed by atoms with E-state index in [4.69, 9.17) is 4.42 Å². The van der Waals surface area contributed by atoms with Crippen molar-refractivity contribution < 1.29 is 9.21 Å². The lowest BCUT2D eigenvalue weighted by Gasteiger charge is -2.05. The highest BCUT2D eigenvalue weighted by molar-refractivity contribution is 9.10. The van der Waals surface area contributed by atoms with Gasteiger partial charge in [0.2, 0.25) is 0 Å². The third-order valence-corrected chi connectivity index (χ3v) is 3.54. The van der Waals surface area contributed by atoms with Crippen LogP contribution in [0.4, 0.5) is 5.69 Å². The van der Waals surface area contributed by atoms with Gasteiger partial charge >= 0.3 is 0 Å². The zero-order valence-corrected chi connectivity index (χ0v) is 11.5. The van der Waals surface area contributed by atoms with Crippen molar-refractivity contribution in [3.63, 3.8) is 0 Å². The monoisotopic (exact) mass is 315 g/mol. The SMILES string of the molecule is O=C(Nc1ccccc1Br)c1coc2ccccc12. The number of rotatable bonds is 2. The van der Waals surface area contributed by atoms with Crippen molar-refractivity contribution in [1.29, 1.82) is 0 Å². The number of halogens is 1. The molecule has 3 rings (SSSR count). The lowest BCUT2D eigenvalue weighted by atomic mass is 10.1. The molecule has 94 valence electrons. The fraction of sp³-hybridized carbons (Fsp3) is 0. The Labute approximate surface area is 118 Å². The molecule has 3 aromatic rings. The molecule has 3 nitrogen and oxygen atoms in total. The summed E-state index contributed by atoms with van der Waals surface area (Å²) in [5.74, 6) is -0.183. The number of furan rings is 1. The van der Waals surface area contributed by atoms with Crippen LogP contribution in [0.2, 0.25) is 0 Å². The van der Waals surface area contributed by atoms with E-state index in [0.29, 0.717) is 11.1 Å². The Hall–Kier alpha value is -2.07. The van der Waals surface area contributed by atoms with Gasteiger partial charge in [-0.3, -0.25) is 4.79 Å². The van der Waals surface area contributed by atoms with Gasteiger partial charge in [-0.05, 0) is 34.1 Å². The number of nitrogens with one attached hydrogen (secondary N) is 1. The van der Waals surface area contributed by atoms with Crippen LogP contribution < -0.4 is 5.32 Å². The lowest BCUT2D eigenvalue weighted by molar-refractivity contribution is 0.102. The summed E-state index contributed by atoms with van der Waals surface area (Å²) < 4.78 is 6.21. The van der Waals surface area contributed by atoms with Gasteiger partial charge in [-0.2, -0.15) is 0 Å². The summed E-state index contributed by atoms with van der Waals surface area (Å²) in [6, 6.07) is 14.9. The molecule has 1 N–H and O–H groups in total. The first-order valence-electron chi connectivity index (χ1n) is 5.78. The quantitative estimate of drug-likeness (QED) is 0.759. The maximum Gasteiger partial charge on any atom is 0.259 e. The summed E-state index contributed by atoms with van der Waals surface area (Å²) in [6.45, 7) is 0. The van der Waals surface area contributed by atoms with Gasteiger partial charge in [0, 0.05) is 9.86 Å². The van der Waals surface area contributed by atoms with Crippen LogP contribution in [-0.2, 0) is 0 Å². The molecule has 0 atom stereocenters. The van der Waals surface area contributed by atoms with Crippen molar-refractivity contribution in [1.82, 2.24) is 0 Å². The zero-order valence-electron chi connectivity index (χ0n) is 9.89. The molecule has 0 spiro atoms. The van der Waals surface area contributed by atoms with Crippen LogP contribution in [0.3, 0.4) is 0 Å². The number of benzene rings is 2. The Balaban J connectivity index is 1.95. The number of amides is 1. The molecular formula is C15H10BrNO2. The smallest absolute Gasteiger partial charge is 0.259 e. The van der Waals surface area contributed by atoms with Crippen LogP contribution in [0, 0.1) is 0 Å². The van der Waals surface area contributed by atoms with Gasteiger partial charge < -0.3 is 9.73 Å². The van der Waals surface area contributed by atoms with Crippen LogP contribution in [0.1, 0.15) is 10.4 Å². The molecule has 0 saturated carbocycles. The Kier molecular flexibility index (Phi) is 3.09. The molecule has 2 aromatic carbocycles. The highest BCUT2D eigenvalue weighted by atomic mass is 79.9. The van der Waals surface area contributed by atoms with Crippen LogP contribution >= 0.6 is 15.9 Å². The normalized spacial score (nSPS) is 10.6.